The second-order valence-electron chi connectivity index (χ2n) is 7.10. The Kier molecular flexibility index (Phi) is 5.81. The Labute approximate surface area is 174 Å². The molecule has 2 aromatic heterocycles. The minimum atomic E-state index is -0.0353. The summed E-state index contributed by atoms with van der Waals surface area (Å²) in [6.45, 7) is 0.846. The maximum atomic E-state index is 12.6. The van der Waals surface area contributed by atoms with Crippen molar-refractivity contribution in [3.8, 4) is 17.0 Å². The van der Waals surface area contributed by atoms with Crippen molar-refractivity contribution >= 4 is 22.5 Å². The van der Waals surface area contributed by atoms with Crippen LogP contribution in [0.2, 0.25) is 0 Å². The smallest absolute Gasteiger partial charge is 0.224 e. The third-order valence-electron chi connectivity index (χ3n) is 5.03. The van der Waals surface area contributed by atoms with Gasteiger partial charge in [-0.15, -0.1) is 0 Å². The number of hydrogen-bond acceptors (Lipinski definition) is 4. The van der Waals surface area contributed by atoms with Crippen molar-refractivity contribution in [2.45, 2.75) is 12.8 Å². The molecule has 0 atom stereocenters. The number of aryl methyl sites for hydroxylation is 2. The fourth-order valence-electron chi connectivity index (χ4n) is 3.55. The number of carbonyl (C=O) groups excluding carboxylic acids is 1. The summed E-state index contributed by atoms with van der Waals surface area (Å²) in [5.74, 6) is 0.674. The number of H-pyrrole nitrogens is 1. The fourth-order valence-corrected chi connectivity index (χ4v) is 3.55. The van der Waals surface area contributed by atoms with E-state index in [-0.39, 0.29) is 5.91 Å². The molecule has 1 amide bonds. The maximum absolute atomic E-state index is 12.6. The number of aromatic amines is 1. The number of nitrogens with one attached hydrogen (secondary N) is 2. The zero-order valence-electron chi connectivity index (χ0n) is 16.9. The third kappa shape index (κ3) is 4.21. The summed E-state index contributed by atoms with van der Waals surface area (Å²) in [4.78, 5) is 15.8. The number of fused-ring (bicyclic) bond motifs is 1. The summed E-state index contributed by atoms with van der Waals surface area (Å²) in [7, 11) is 1.87. The van der Waals surface area contributed by atoms with Gasteiger partial charge in [0.2, 0.25) is 5.91 Å². The first-order chi connectivity index (χ1) is 14.7. The Morgan fingerprint density at radius 1 is 1.23 bits per heavy atom. The number of hydrogen-bond donors (Lipinski definition) is 3. The molecule has 2 heterocycles. The molecule has 0 unspecified atom stereocenters. The third-order valence-corrected chi connectivity index (χ3v) is 5.03. The van der Waals surface area contributed by atoms with Gasteiger partial charge >= 0.3 is 0 Å². The van der Waals surface area contributed by atoms with Crippen LogP contribution in [0.1, 0.15) is 12.0 Å². The molecule has 7 heteroatoms. The average Bonchev–Trinajstić information content (AvgIpc) is 3.37. The maximum Gasteiger partial charge on any atom is 0.224 e. The molecule has 0 bridgehead atoms. The zero-order valence-corrected chi connectivity index (χ0v) is 16.9. The summed E-state index contributed by atoms with van der Waals surface area (Å²) >= 11 is 0. The van der Waals surface area contributed by atoms with E-state index in [0.717, 1.165) is 33.4 Å². The largest absolute Gasteiger partial charge is 0.492 e. The number of anilines is 1. The number of aromatic nitrogens is 3. The molecule has 0 fully saturated rings. The predicted octanol–water partition coefficient (Wildman–Crippen LogP) is 3.48. The van der Waals surface area contributed by atoms with Crippen molar-refractivity contribution < 1.29 is 9.53 Å². The SMILES string of the molecule is Cn1nccc1-c1cc(NC(=O)CCc2c[nH]c3ccccc23)ccc1OCCN. The molecule has 2 aromatic carbocycles. The summed E-state index contributed by atoms with van der Waals surface area (Å²) in [5, 5.41) is 8.39. The Balaban J connectivity index is 1.48. The van der Waals surface area contributed by atoms with E-state index >= 15 is 0 Å². The van der Waals surface area contributed by atoms with Crippen molar-refractivity contribution in [2.75, 3.05) is 18.5 Å². The van der Waals surface area contributed by atoms with Crippen LogP contribution in [0.3, 0.4) is 0 Å². The molecule has 7 nitrogen and oxygen atoms in total. The van der Waals surface area contributed by atoms with Crippen LogP contribution in [-0.2, 0) is 18.3 Å². The van der Waals surface area contributed by atoms with E-state index in [4.69, 9.17) is 10.5 Å². The lowest BCUT2D eigenvalue weighted by molar-refractivity contribution is -0.116. The molecule has 4 rings (SSSR count). The van der Waals surface area contributed by atoms with Gasteiger partial charge in [-0.25, -0.2) is 0 Å². The Morgan fingerprint density at radius 2 is 2.10 bits per heavy atom. The monoisotopic (exact) mass is 403 g/mol. The topological polar surface area (TPSA) is 98.0 Å². The molecular weight excluding hydrogens is 378 g/mol. The van der Waals surface area contributed by atoms with E-state index in [1.54, 1.807) is 10.9 Å². The number of ether oxygens (including phenoxy) is 1. The number of rotatable bonds is 8. The molecule has 0 aliphatic rings. The standard InChI is InChI=1S/C23H25N5O2/c1-28-21(10-12-26-28)19-14-17(7-8-22(19)30-13-11-24)27-23(29)9-6-16-15-25-20-5-3-2-4-18(16)20/h2-5,7-8,10,12,14-15,25H,6,9,11,13,24H2,1H3,(H,27,29). The van der Waals surface area contributed by atoms with Gasteiger partial charge in [0.25, 0.3) is 0 Å². The number of carbonyl (C=O) groups is 1. The predicted molar refractivity (Wildman–Crippen MR) is 118 cm³/mol. The quantitative estimate of drug-likeness (QED) is 0.419. The summed E-state index contributed by atoms with van der Waals surface area (Å²) in [6.07, 6.45) is 4.77. The van der Waals surface area contributed by atoms with Crippen molar-refractivity contribution in [1.82, 2.24) is 14.8 Å². The van der Waals surface area contributed by atoms with Crippen molar-refractivity contribution in [3.63, 3.8) is 0 Å². The first-order valence-electron chi connectivity index (χ1n) is 9.96. The van der Waals surface area contributed by atoms with Crippen LogP contribution in [0.5, 0.6) is 5.75 Å². The number of para-hydroxylation sites is 1. The number of nitrogens with zero attached hydrogens (tertiary/aromatic N) is 2. The summed E-state index contributed by atoms with van der Waals surface area (Å²) < 4.78 is 7.55. The molecule has 0 radical (unpaired) electrons. The molecule has 4 N–H and O–H groups in total. The minimum Gasteiger partial charge on any atom is -0.492 e. The van der Waals surface area contributed by atoms with E-state index < -0.39 is 0 Å². The van der Waals surface area contributed by atoms with Crippen LogP contribution in [0, 0.1) is 0 Å². The molecule has 0 saturated heterocycles. The second-order valence-corrected chi connectivity index (χ2v) is 7.10. The van der Waals surface area contributed by atoms with Crippen molar-refractivity contribution in [1.29, 1.82) is 0 Å². The first kappa shape index (κ1) is 19.7. The Bertz CT molecular complexity index is 1160. The first-order valence-corrected chi connectivity index (χ1v) is 9.96. The van der Waals surface area contributed by atoms with Gasteiger partial charge in [-0.1, -0.05) is 18.2 Å². The lowest BCUT2D eigenvalue weighted by Crippen LogP contribution is -2.13. The highest BCUT2D eigenvalue weighted by Crippen LogP contribution is 2.32. The van der Waals surface area contributed by atoms with E-state index in [2.05, 4.69) is 21.5 Å². The normalized spacial score (nSPS) is 11.0. The highest BCUT2D eigenvalue weighted by molar-refractivity contribution is 5.92. The van der Waals surface area contributed by atoms with Crippen molar-refractivity contribution in [3.05, 3.63) is 66.5 Å². The van der Waals surface area contributed by atoms with Crippen LogP contribution in [0.25, 0.3) is 22.2 Å². The summed E-state index contributed by atoms with van der Waals surface area (Å²) in [5.41, 5.74) is 10.3. The van der Waals surface area contributed by atoms with Crippen LogP contribution >= 0.6 is 0 Å². The van der Waals surface area contributed by atoms with Gasteiger partial charge in [0.15, 0.2) is 0 Å². The van der Waals surface area contributed by atoms with Crippen LogP contribution in [0.15, 0.2) is 60.9 Å². The van der Waals surface area contributed by atoms with Crippen molar-refractivity contribution in [2.24, 2.45) is 12.8 Å². The lowest BCUT2D eigenvalue weighted by Gasteiger charge is -2.14. The molecule has 30 heavy (non-hydrogen) atoms. The van der Waals surface area contributed by atoms with Gasteiger partial charge in [0, 0.05) is 54.6 Å². The molecule has 0 aliphatic carbocycles. The molecular formula is C23H25N5O2. The fraction of sp³-hybridized carbons (Fsp3) is 0.217. The minimum absolute atomic E-state index is 0.0353. The van der Waals surface area contributed by atoms with E-state index in [1.807, 2.05) is 55.7 Å². The van der Waals surface area contributed by atoms with Crippen LogP contribution < -0.4 is 15.8 Å². The molecule has 154 valence electrons. The second kappa shape index (κ2) is 8.84. The average molecular weight is 403 g/mol. The molecule has 4 aromatic rings. The van der Waals surface area contributed by atoms with E-state index in [1.165, 1.54) is 0 Å². The van der Waals surface area contributed by atoms with Gasteiger partial charge in [-0.2, -0.15) is 5.10 Å². The van der Waals surface area contributed by atoms with Crippen LogP contribution in [-0.4, -0.2) is 33.8 Å². The van der Waals surface area contributed by atoms with Gasteiger partial charge in [-0.3, -0.25) is 9.48 Å². The Hall–Kier alpha value is -3.58. The van der Waals surface area contributed by atoms with E-state index in [9.17, 15) is 4.79 Å². The van der Waals surface area contributed by atoms with Gasteiger partial charge < -0.3 is 20.8 Å². The zero-order chi connectivity index (χ0) is 20.9. The molecule has 0 spiro atoms. The molecule has 0 aliphatic heterocycles. The van der Waals surface area contributed by atoms with Gasteiger partial charge in [-0.05, 0) is 42.3 Å². The highest BCUT2D eigenvalue weighted by atomic mass is 16.5. The van der Waals surface area contributed by atoms with E-state index in [0.29, 0.717) is 31.7 Å². The summed E-state index contributed by atoms with van der Waals surface area (Å²) in [6, 6.07) is 15.6. The number of nitrogens with two attached hydrogens (primary N) is 1. The van der Waals surface area contributed by atoms with Gasteiger partial charge in [0.05, 0.1) is 5.69 Å². The number of benzene rings is 2. The van der Waals surface area contributed by atoms with Crippen LogP contribution in [0.4, 0.5) is 5.69 Å². The number of amides is 1. The highest BCUT2D eigenvalue weighted by Gasteiger charge is 2.13. The molecule has 0 saturated carbocycles. The van der Waals surface area contributed by atoms with Gasteiger partial charge in [0.1, 0.15) is 12.4 Å². The Morgan fingerprint density at radius 3 is 2.90 bits per heavy atom. The lowest BCUT2D eigenvalue weighted by atomic mass is 10.1.